The van der Waals surface area contributed by atoms with Gasteiger partial charge in [-0.05, 0) is 37.0 Å². The van der Waals surface area contributed by atoms with Gasteiger partial charge in [0.2, 0.25) is 13.3 Å². The van der Waals surface area contributed by atoms with E-state index in [4.69, 9.17) is 5.73 Å². The Bertz CT molecular complexity index is 575. The van der Waals surface area contributed by atoms with Crippen LogP contribution in [0.4, 0.5) is 0 Å². The summed E-state index contributed by atoms with van der Waals surface area (Å²) < 4.78 is 12.5. The number of nitrogens with two attached hydrogens (primary N) is 1. The minimum atomic E-state index is -3.41. The van der Waals surface area contributed by atoms with Crippen molar-refractivity contribution >= 4 is 19.1 Å². The van der Waals surface area contributed by atoms with Crippen molar-refractivity contribution in [3.8, 4) is 0 Å². The molecule has 29 heavy (non-hydrogen) atoms. The lowest BCUT2D eigenvalue weighted by Gasteiger charge is -2.26. The number of hydrogen-bond donors (Lipinski definition) is 4. The Morgan fingerprint density at radius 2 is 1.69 bits per heavy atom. The minimum absolute atomic E-state index is 0.0393. The highest BCUT2D eigenvalue weighted by molar-refractivity contribution is 7.58. The second-order valence-corrected chi connectivity index (χ2v) is 11.8. The molecule has 0 saturated heterocycles. The molecule has 0 aromatic heterocycles. The van der Waals surface area contributed by atoms with Gasteiger partial charge in [0, 0.05) is 12.6 Å². The number of aliphatic hydroxyl groups is 1. The fourth-order valence-electron chi connectivity index (χ4n) is 3.90. The molecule has 0 aromatic carbocycles. The van der Waals surface area contributed by atoms with Gasteiger partial charge in [-0.3, -0.25) is 14.2 Å². The van der Waals surface area contributed by atoms with Crippen LogP contribution in [0.2, 0.25) is 0 Å². The molecule has 0 spiro atoms. The Balaban J connectivity index is 2.52. The van der Waals surface area contributed by atoms with Crippen molar-refractivity contribution in [3.63, 3.8) is 0 Å². The first-order valence-corrected chi connectivity index (χ1v) is 13.0. The quantitative estimate of drug-likeness (QED) is 0.351. The standard InChI is InChI=1S/C21H41N2O5P/c1-14(2)19(22)21(26)23-20(15(3)4)18(25)11-10-17(24)13-29(27,28)12-16-8-6-5-7-9-16/h14-17,19-20,24H,5-13,22H2,1-4H3,(H,23,26)(H,27,28)/t17-,19+,20-/m1/s1. The zero-order valence-corrected chi connectivity index (χ0v) is 19.4. The first-order chi connectivity index (χ1) is 13.4. The summed E-state index contributed by atoms with van der Waals surface area (Å²) in [5.74, 6) is -0.441. The molecule has 0 heterocycles. The summed E-state index contributed by atoms with van der Waals surface area (Å²) in [6.45, 7) is 7.36. The highest BCUT2D eigenvalue weighted by atomic mass is 31.2. The number of ketones is 1. The SMILES string of the molecule is CC(C)[C@H](N)C(=O)N[C@@H](C(=O)CC[C@@H](O)CP(=O)(O)CC1CCCCC1)C(C)C. The zero-order chi connectivity index (χ0) is 22.2. The normalized spacial score (nSPS) is 20.9. The van der Waals surface area contributed by atoms with Gasteiger partial charge in [0.25, 0.3) is 0 Å². The van der Waals surface area contributed by atoms with Gasteiger partial charge in [0.1, 0.15) is 0 Å². The topological polar surface area (TPSA) is 130 Å². The highest BCUT2D eigenvalue weighted by Crippen LogP contribution is 2.46. The molecule has 1 unspecified atom stereocenters. The first kappa shape index (κ1) is 26.3. The molecule has 0 aliphatic heterocycles. The van der Waals surface area contributed by atoms with Crippen LogP contribution in [0.1, 0.15) is 72.6 Å². The Kier molecular flexibility index (Phi) is 11.0. The summed E-state index contributed by atoms with van der Waals surface area (Å²) in [6.07, 6.45) is 4.60. The third kappa shape index (κ3) is 9.73. The van der Waals surface area contributed by atoms with Gasteiger partial charge in [-0.25, -0.2) is 0 Å². The molecular weight excluding hydrogens is 391 g/mol. The monoisotopic (exact) mass is 432 g/mol. The van der Waals surface area contributed by atoms with E-state index in [1.54, 1.807) is 0 Å². The lowest BCUT2D eigenvalue weighted by Crippen LogP contribution is -2.52. The van der Waals surface area contributed by atoms with Crippen molar-refractivity contribution in [3.05, 3.63) is 0 Å². The number of amides is 1. The van der Waals surface area contributed by atoms with Crippen molar-refractivity contribution < 1.29 is 24.2 Å². The van der Waals surface area contributed by atoms with E-state index in [2.05, 4.69) is 5.32 Å². The summed E-state index contributed by atoms with van der Waals surface area (Å²) in [4.78, 5) is 35.1. The highest BCUT2D eigenvalue weighted by Gasteiger charge is 2.30. The van der Waals surface area contributed by atoms with Crippen LogP contribution in [0.25, 0.3) is 0 Å². The number of carbonyl (C=O) groups excluding carboxylic acids is 2. The van der Waals surface area contributed by atoms with Gasteiger partial charge in [0.15, 0.2) is 5.78 Å². The summed E-state index contributed by atoms with van der Waals surface area (Å²) in [5.41, 5.74) is 5.85. The smallest absolute Gasteiger partial charge is 0.237 e. The van der Waals surface area contributed by atoms with Gasteiger partial charge < -0.3 is 21.1 Å². The predicted octanol–water partition coefficient (Wildman–Crippen LogP) is 2.67. The zero-order valence-electron chi connectivity index (χ0n) is 18.5. The molecule has 1 aliphatic carbocycles. The van der Waals surface area contributed by atoms with Crippen molar-refractivity contribution in [2.24, 2.45) is 23.5 Å². The summed E-state index contributed by atoms with van der Waals surface area (Å²) in [7, 11) is -3.41. The van der Waals surface area contributed by atoms with Gasteiger partial charge in [-0.1, -0.05) is 47.0 Å². The molecule has 0 bridgehead atoms. The maximum Gasteiger partial charge on any atom is 0.237 e. The Hall–Kier alpha value is -0.750. The molecule has 7 nitrogen and oxygen atoms in total. The van der Waals surface area contributed by atoms with Crippen LogP contribution in [0.5, 0.6) is 0 Å². The van der Waals surface area contributed by atoms with E-state index in [0.717, 1.165) is 25.7 Å². The van der Waals surface area contributed by atoms with Crippen LogP contribution in [0.15, 0.2) is 0 Å². The average Bonchev–Trinajstić information content (AvgIpc) is 2.62. The number of Topliss-reactive ketones (excluding diaryl/α,β-unsaturated/α-hetero) is 1. The van der Waals surface area contributed by atoms with Crippen molar-refractivity contribution in [2.75, 3.05) is 12.3 Å². The molecule has 8 heteroatoms. The average molecular weight is 433 g/mol. The Morgan fingerprint density at radius 1 is 1.10 bits per heavy atom. The van der Waals surface area contributed by atoms with Gasteiger partial charge in [0.05, 0.1) is 24.3 Å². The van der Waals surface area contributed by atoms with Crippen molar-refractivity contribution in [1.82, 2.24) is 5.32 Å². The third-order valence-corrected chi connectivity index (χ3v) is 7.90. The van der Waals surface area contributed by atoms with Crippen LogP contribution in [0, 0.1) is 17.8 Å². The Morgan fingerprint density at radius 3 is 2.21 bits per heavy atom. The molecule has 1 amide bonds. The van der Waals surface area contributed by atoms with E-state index < -0.39 is 25.6 Å². The molecule has 1 saturated carbocycles. The van der Waals surface area contributed by atoms with Crippen LogP contribution in [0.3, 0.4) is 0 Å². The fraction of sp³-hybridized carbons (Fsp3) is 0.905. The lowest BCUT2D eigenvalue weighted by molar-refractivity contribution is -0.130. The van der Waals surface area contributed by atoms with Crippen LogP contribution in [-0.2, 0) is 14.2 Å². The summed E-state index contributed by atoms with van der Waals surface area (Å²) in [5, 5.41) is 13.0. The summed E-state index contributed by atoms with van der Waals surface area (Å²) in [6, 6.07) is -1.36. The lowest BCUT2D eigenvalue weighted by atomic mass is 9.91. The van der Waals surface area contributed by atoms with Crippen molar-refractivity contribution in [2.45, 2.75) is 90.8 Å². The minimum Gasteiger partial charge on any atom is -0.393 e. The largest absolute Gasteiger partial charge is 0.393 e. The molecule has 0 radical (unpaired) electrons. The van der Waals surface area contributed by atoms with Crippen LogP contribution in [-0.4, -0.2) is 52.2 Å². The van der Waals surface area contributed by atoms with E-state index in [9.17, 15) is 24.2 Å². The molecule has 170 valence electrons. The molecule has 5 N–H and O–H groups in total. The summed E-state index contributed by atoms with van der Waals surface area (Å²) >= 11 is 0. The second-order valence-electron chi connectivity index (χ2n) is 9.37. The molecule has 1 fully saturated rings. The van der Waals surface area contributed by atoms with Gasteiger partial charge in [-0.15, -0.1) is 0 Å². The molecule has 1 rings (SSSR count). The molecule has 0 aromatic rings. The third-order valence-electron chi connectivity index (χ3n) is 5.82. The number of aliphatic hydroxyl groups excluding tert-OH is 1. The molecule has 4 atom stereocenters. The maximum absolute atomic E-state index is 12.6. The predicted molar refractivity (Wildman–Crippen MR) is 116 cm³/mol. The van der Waals surface area contributed by atoms with Crippen LogP contribution < -0.4 is 11.1 Å². The van der Waals surface area contributed by atoms with Gasteiger partial charge in [-0.2, -0.15) is 0 Å². The second kappa shape index (κ2) is 12.2. The van der Waals surface area contributed by atoms with E-state index in [-0.39, 0.29) is 54.6 Å². The fourth-order valence-corrected chi connectivity index (χ4v) is 6.07. The van der Waals surface area contributed by atoms with E-state index >= 15 is 0 Å². The number of hydrogen-bond acceptors (Lipinski definition) is 5. The van der Waals surface area contributed by atoms with E-state index in [1.165, 1.54) is 6.42 Å². The van der Waals surface area contributed by atoms with Crippen molar-refractivity contribution in [1.29, 1.82) is 0 Å². The van der Waals surface area contributed by atoms with E-state index in [1.807, 2.05) is 27.7 Å². The van der Waals surface area contributed by atoms with Gasteiger partial charge >= 0.3 is 0 Å². The van der Waals surface area contributed by atoms with Crippen LogP contribution >= 0.6 is 7.37 Å². The first-order valence-electron chi connectivity index (χ1n) is 11.0. The number of carbonyl (C=O) groups is 2. The molecule has 1 aliphatic rings. The Labute approximate surface area is 175 Å². The van der Waals surface area contributed by atoms with E-state index in [0.29, 0.717) is 0 Å². The maximum atomic E-state index is 12.6. The number of rotatable bonds is 12. The number of nitrogens with one attached hydrogen (secondary N) is 1. The molecular formula is C21H41N2O5P.